The SMILES string of the molecule is CN=C(NC1CC1c1ccccc1C)N1CCN(Cc2cc(C)on2)CC1.I. The van der Waals surface area contributed by atoms with Gasteiger partial charge in [0.15, 0.2) is 5.96 Å². The lowest BCUT2D eigenvalue weighted by atomic mass is 10.0. The van der Waals surface area contributed by atoms with E-state index < -0.39 is 0 Å². The molecule has 1 N–H and O–H groups in total. The minimum atomic E-state index is 0. The smallest absolute Gasteiger partial charge is 0.193 e. The van der Waals surface area contributed by atoms with E-state index in [0.717, 1.165) is 50.1 Å². The maximum absolute atomic E-state index is 5.17. The molecule has 7 heteroatoms. The quantitative estimate of drug-likeness (QED) is 0.402. The monoisotopic (exact) mass is 495 g/mol. The van der Waals surface area contributed by atoms with Crippen LogP contribution in [0.4, 0.5) is 0 Å². The van der Waals surface area contributed by atoms with Gasteiger partial charge < -0.3 is 14.7 Å². The van der Waals surface area contributed by atoms with E-state index in [2.05, 4.69) is 56.5 Å². The van der Waals surface area contributed by atoms with Crippen LogP contribution in [0.25, 0.3) is 0 Å². The summed E-state index contributed by atoms with van der Waals surface area (Å²) in [5.74, 6) is 2.52. The fourth-order valence-electron chi connectivity index (χ4n) is 4.00. The molecule has 2 aromatic rings. The first-order valence-corrected chi connectivity index (χ1v) is 9.82. The molecular weight excluding hydrogens is 465 g/mol. The van der Waals surface area contributed by atoms with Gasteiger partial charge >= 0.3 is 0 Å². The van der Waals surface area contributed by atoms with Gasteiger partial charge in [-0.05, 0) is 31.4 Å². The Hall–Kier alpha value is -1.61. The number of halogens is 1. The van der Waals surface area contributed by atoms with Crippen molar-refractivity contribution in [2.45, 2.75) is 38.8 Å². The molecule has 1 saturated carbocycles. The molecule has 6 nitrogen and oxygen atoms in total. The fraction of sp³-hybridized carbons (Fsp3) is 0.524. The number of aliphatic imine (C=N–C) groups is 1. The normalized spacial score (nSPS) is 22.7. The van der Waals surface area contributed by atoms with Crippen LogP contribution in [0.3, 0.4) is 0 Å². The lowest BCUT2D eigenvalue weighted by Crippen LogP contribution is -2.52. The Balaban J connectivity index is 0.00000225. The predicted molar refractivity (Wildman–Crippen MR) is 122 cm³/mol. The summed E-state index contributed by atoms with van der Waals surface area (Å²) in [4.78, 5) is 9.34. The van der Waals surface area contributed by atoms with Gasteiger partial charge in [-0.15, -0.1) is 24.0 Å². The summed E-state index contributed by atoms with van der Waals surface area (Å²) >= 11 is 0. The Morgan fingerprint density at radius 2 is 1.96 bits per heavy atom. The lowest BCUT2D eigenvalue weighted by Gasteiger charge is -2.36. The lowest BCUT2D eigenvalue weighted by molar-refractivity contribution is 0.169. The summed E-state index contributed by atoms with van der Waals surface area (Å²) < 4.78 is 5.17. The van der Waals surface area contributed by atoms with Gasteiger partial charge in [-0.2, -0.15) is 0 Å². The fourth-order valence-corrected chi connectivity index (χ4v) is 4.00. The number of nitrogens with one attached hydrogen (secondary N) is 1. The van der Waals surface area contributed by atoms with Gasteiger partial charge in [0.1, 0.15) is 5.76 Å². The zero-order valence-electron chi connectivity index (χ0n) is 16.9. The maximum Gasteiger partial charge on any atom is 0.193 e. The van der Waals surface area contributed by atoms with Crippen LogP contribution in [-0.2, 0) is 6.54 Å². The summed E-state index contributed by atoms with van der Waals surface area (Å²) in [6.07, 6.45) is 1.19. The largest absolute Gasteiger partial charge is 0.361 e. The van der Waals surface area contributed by atoms with Crippen molar-refractivity contribution in [1.29, 1.82) is 0 Å². The molecule has 1 aliphatic heterocycles. The van der Waals surface area contributed by atoms with Crippen LogP contribution in [-0.4, -0.2) is 60.2 Å². The van der Waals surface area contributed by atoms with E-state index in [4.69, 9.17) is 4.52 Å². The molecule has 1 aliphatic carbocycles. The molecule has 2 unspecified atom stereocenters. The Labute approximate surface area is 184 Å². The first-order valence-electron chi connectivity index (χ1n) is 9.82. The highest BCUT2D eigenvalue weighted by Crippen LogP contribution is 2.42. The first-order chi connectivity index (χ1) is 13.1. The van der Waals surface area contributed by atoms with Crippen molar-refractivity contribution >= 4 is 29.9 Å². The van der Waals surface area contributed by atoms with Crippen LogP contribution >= 0.6 is 24.0 Å². The van der Waals surface area contributed by atoms with Crippen molar-refractivity contribution in [1.82, 2.24) is 20.3 Å². The third-order valence-corrected chi connectivity index (χ3v) is 5.64. The van der Waals surface area contributed by atoms with Gasteiger partial charge in [0.05, 0.1) is 5.69 Å². The van der Waals surface area contributed by atoms with E-state index in [1.165, 1.54) is 17.5 Å². The average Bonchev–Trinajstić information content (AvgIpc) is 3.32. The highest BCUT2D eigenvalue weighted by molar-refractivity contribution is 14.0. The minimum Gasteiger partial charge on any atom is -0.361 e. The van der Waals surface area contributed by atoms with E-state index in [0.29, 0.717) is 12.0 Å². The topological polar surface area (TPSA) is 56.9 Å². The van der Waals surface area contributed by atoms with Crippen molar-refractivity contribution in [3.8, 4) is 0 Å². The van der Waals surface area contributed by atoms with Gasteiger partial charge in [0, 0.05) is 57.8 Å². The Morgan fingerprint density at radius 1 is 1.21 bits per heavy atom. The van der Waals surface area contributed by atoms with Crippen LogP contribution in [0, 0.1) is 13.8 Å². The molecular formula is C21H30IN5O. The number of hydrogen-bond acceptors (Lipinski definition) is 4. The summed E-state index contributed by atoms with van der Waals surface area (Å²) in [5.41, 5.74) is 3.87. The van der Waals surface area contributed by atoms with Crippen molar-refractivity contribution in [2.24, 2.45) is 4.99 Å². The third-order valence-electron chi connectivity index (χ3n) is 5.64. The Morgan fingerprint density at radius 3 is 2.61 bits per heavy atom. The van der Waals surface area contributed by atoms with Crippen LogP contribution < -0.4 is 5.32 Å². The highest BCUT2D eigenvalue weighted by atomic mass is 127. The summed E-state index contributed by atoms with van der Waals surface area (Å²) in [6, 6.07) is 11.2. The van der Waals surface area contributed by atoms with Crippen molar-refractivity contribution in [2.75, 3.05) is 33.2 Å². The number of rotatable bonds is 4. The van der Waals surface area contributed by atoms with Gasteiger partial charge in [0.25, 0.3) is 0 Å². The zero-order valence-corrected chi connectivity index (χ0v) is 19.2. The minimum absolute atomic E-state index is 0. The van der Waals surface area contributed by atoms with Gasteiger partial charge in [-0.3, -0.25) is 9.89 Å². The average molecular weight is 495 g/mol. The molecule has 0 bridgehead atoms. The molecule has 0 radical (unpaired) electrons. The van der Waals surface area contributed by atoms with Gasteiger partial charge in [0.2, 0.25) is 0 Å². The number of piperazine rings is 1. The molecule has 2 heterocycles. The highest BCUT2D eigenvalue weighted by Gasteiger charge is 2.40. The second-order valence-corrected chi connectivity index (χ2v) is 7.69. The number of aryl methyl sites for hydroxylation is 2. The molecule has 152 valence electrons. The molecule has 4 rings (SSSR count). The standard InChI is InChI=1S/C21H29N5O.HI/c1-15-6-4-5-7-18(15)19-13-20(19)23-21(22-3)26-10-8-25(9-11-26)14-17-12-16(2)27-24-17;/h4-7,12,19-20H,8-11,13-14H2,1-3H3,(H,22,23);1H. The molecule has 0 spiro atoms. The Kier molecular flexibility index (Phi) is 6.98. The van der Waals surface area contributed by atoms with E-state index in [-0.39, 0.29) is 24.0 Å². The molecule has 2 fully saturated rings. The molecule has 0 amide bonds. The van der Waals surface area contributed by atoms with E-state index in [9.17, 15) is 0 Å². The van der Waals surface area contributed by atoms with E-state index in [1.807, 2.05) is 20.0 Å². The van der Waals surface area contributed by atoms with Crippen molar-refractivity contribution < 1.29 is 4.52 Å². The molecule has 1 aromatic heterocycles. The van der Waals surface area contributed by atoms with Crippen LogP contribution in [0.1, 0.15) is 34.9 Å². The van der Waals surface area contributed by atoms with Gasteiger partial charge in [-0.1, -0.05) is 29.4 Å². The second kappa shape index (κ2) is 9.26. The van der Waals surface area contributed by atoms with Gasteiger partial charge in [-0.25, -0.2) is 0 Å². The molecule has 2 aliphatic rings. The Bertz CT molecular complexity index is 813. The van der Waals surface area contributed by atoms with Crippen LogP contribution in [0.15, 0.2) is 39.8 Å². The van der Waals surface area contributed by atoms with Crippen LogP contribution in [0.2, 0.25) is 0 Å². The molecule has 1 aromatic carbocycles. The molecule has 28 heavy (non-hydrogen) atoms. The number of guanidine groups is 1. The first kappa shape index (κ1) is 21.1. The number of benzene rings is 1. The van der Waals surface area contributed by atoms with Crippen LogP contribution in [0.5, 0.6) is 0 Å². The number of hydrogen-bond donors (Lipinski definition) is 1. The molecule has 2 atom stereocenters. The third kappa shape index (κ3) is 4.86. The van der Waals surface area contributed by atoms with Crippen molar-refractivity contribution in [3.05, 3.63) is 52.9 Å². The summed E-state index contributed by atoms with van der Waals surface area (Å²) in [7, 11) is 1.89. The second-order valence-electron chi connectivity index (χ2n) is 7.69. The molecule has 1 saturated heterocycles. The number of nitrogens with zero attached hydrogens (tertiary/aromatic N) is 4. The predicted octanol–water partition coefficient (Wildman–Crippen LogP) is 3.16. The maximum atomic E-state index is 5.17. The summed E-state index contributed by atoms with van der Waals surface area (Å²) in [5, 5.41) is 7.79. The van der Waals surface area contributed by atoms with E-state index in [1.54, 1.807) is 0 Å². The zero-order chi connectivity index (χ0) is 18.8. The number of aromatic nitrogens is 1. The van der Waals surface area contributed by atoms with Crippen molar-refractivity contribution in [3.63, 3.8) is 0 Å². The van der Waals surface area contributed by atoms with E-state index >= 15 is 0 Å². The summed E-state index contributed by atoms with van der Waals surface area (Å²) in [6.45, 7) is 8.99.